The summed E-state index contributed by atoms with van der Waals surface area (Å²) in [7, 11) is 1.40. The van der Waals surface area contributed by atoms with E-state index >= 15 is 0 Å². The smallest absolute Gasteiger partial charge is 0.322 e. The van der Waals surface area contributed by atoms with Gasteiger partial charge in [0.25, 0.3) is 0 Å². The number of carbonyl (C=O) groups excluding carboxylic acids is 1. The fourth-order valence-electron chi connectivity index (χ4n) is 2.13. The highest BCUT2D eigenvalue weighted by Gasteiger charge is 2.12. The van der Waals surface area contributed by atoms with Crippen molar-refractivity contribution in [2.45, 2.75) is 26.4 Å². The van der Waals surface area contributed by atoms with Crippen LogP contribution < -0.4 is 5.32 Å². The minimum Gasteiger partial charge on any atom is -0.468 e. The maximum Gasteiger partial charge on any atom is 0.322 e. The van der Waals surface area contributed by atoms with Crippen molar-refractivity contribution in [2.75, 3.05) is 13.7 Å². The lowest BCUT2D eigenvalue weighted by Crippen LogP contribution is -2.36. The minimum absolute atomic E-state index is 0.243. The molecule has 102 valence electrons. The van der Waals surface area contributed by atoms with Gasteiger partial charge < -0.3 is 14.6 Å². The van der Waals surface area contributed by atoms with Crippen LogP contribution in [0.4, 0.5) is 0 Å². The summed E-state index contributed by atoms with van der Waals surface area (Å²) in [5.41, 5.74) is 2.12. The highest BCUT2D eigenvalue weighted by atomic mass is 16.5. The minimum atomic E-state index is -0.292. The number of fused-ring (bicyclic) bond motifs is 1. The molecule has 1 unspecified atom stereocenters. The van der Waals surface area contributed by atoms with Crippen LogP contribution in [0.15, 0.2) is 24.3 Å². The molecule has 0 saturated carbocycles. The number of carbonyl (C=O) groups is 1. The van der Waals surface area contributed by atoms with Gasteiger partial charge in [0.2, 0.25) is 0 Å². The zero-order valence-electron chi connectivity index (χ0n) is 11.5. The number of esters is 1. The van der Waals surface area contributed by atoms with Crippen molar-refractivity contribution in [1.29, 1.82) is 0 Å². The Labute approximate surface area is 112 Å². The quantitative estimate of drug-likeness (QED) is 0.829. The molecule has 1 aromatic heterocycles. The number of aryl methyl sites for hydroxylation is 1. The molecule has 5 nitrogen and oxygen atoms in total. The fourth-order valence-corrected chi connectivity index (χ4v) is 2.13. The van der Waals surface area contributed by atoms with Crippen LogP contribution in [0.25, 0.3) is 11.0 Å². The van der Waals surface area contributed by atoms with Crippen LogP contribution in [0.5, 0.6) is 0 Å². The average molecular weight is 261 g/mol. The third-order valence-corrected chi connectivity index (χ3v) is 3.19. The number of nitrogens with zero attached hydrogens (tertiary/aromatic N) is 2. The Morgan fingerprint density at radius 2 is 2.21 bits per heavy atom. The van der Waals surface area contributed by atoms with Crippen molar-refractivity contribution in [3.8, 4) is 0 Å². The van der Waals surface area contributed by atoms with Crippen molar-refractivity contribution < 1.29 is 9.53 Å². The summed E-state index contributed by atoms with van der Waals surface area (Å²) in [6, 6.07) is 7.75. The van der Waals surface area contributed by atoms with Gasteiger partial charge in [0.1, 0.15) is 11.9 Å². The number of para-hydroxylation sites is 2. The van der Waals surface area contributed by atoms with Crippen molar-refractivity contribution in [3.63, 3.8) is 0 Å². The van der Waals surface area contributed by atoms with E-state index in [4.69, 9.17) is 0 Å². The van der Waals surface area contributed by atoms with E-state index in [-0.39, 0.29) is 12.0 Å². The standard InChI is InChI=1S/C14H19N3O2/c1-10(14(18)19-3)15-8-9-17-11(2)16-12-6-4-5-7-13(12)17/h4-7,10,15H,8-9H2,1-3H3. The van der Waals surface area contributed by atoms with E-state index in [1.165, 1.54) is 7.11 Å². The second-order valence-electron chi connectivity index (χ2n) is 4.50. The van der Waals surface area contributed by atoms with Gasteiger partial charge >= 0.3 is 5.97 Å². The molecule has 2 rings (SSSR count). The largest absolute Gasteiger partial charge is 0.468 e. The monoisotopic (exact) mass is 261 g/mol. The summed E-state index contributed by atoms with van der Waals surface area (Å²) in [5.74, 6) is 0.737. The molecule has 1 aromatic carbocycles. The number of hydrogen-bond donors (Lipinski definition) is 1. The van der Waals surface area contributed by atoms with Crippen LogP contribution in [0.1, 0.15) is 12.7 Å². The number of hydrogen-bond acceptors (Lipinski definition) is 4. The number of methoxy groups -OCH3 is 1. The summed E-state index contributed by atoms with van der Waals surface area (Å²) in [5, 5.41) is 3.14. The number of aromatic nitrogens is 2. The number of benzene rings is 1. The fraction of sp³-hybridized carbons (Fsp3) is 0.429. The topological polar surface area (TPSA) is 56.1 Å². The van der Waals surface area contributed by atoms with Crippen LogP contribution in [0, 0.1) is 6.92 Å². The molecule has 0 bridgehead atoms. The Morgan fingerprint density at radius 3 is 2.95 bits per heavy atom. The van der Waals surface area contributed by atoms with Crippen molar-refractivity contribution in [2.24, 2.45) is 0 Å². The molecule has 0 saturated heterocycles. The lowest BCUT2D eigenvalue weighted by atomic mass is 10.3. The van der Waals surface area contributed by atoms with E-state index in [0.29, 0.717) is 6.54 Å². The van der Waals surface area contributed by atoms with Crippen LogP contribution in [0.2, 0.25) is 0 Å². The van der Waals surface area contributed by atoms with E-state index in [1.807, 2.05) is 25.1 Å². The molecule has 2 aromatic rings. The maximum atomic E-state index is 11.3. The number of rotatable bonds is 5. The normalized spacial score (nSPS) is 12.6. The van der Waals surface area contributed by atoms with E-state index in [0.717, 1.165) is 23.4 Å². The Kier molecular flexibility index (Phi) is 4.16. The maximum absolute atomic E-state index is 11.3. The second kappa shape index (κ2) is 5.84. The van der Waals surface area contributed by atoms with Crippen LogP contribution in [-0.2, 0) is 16.1 Å². The molecule has 0 aliphatic rings. The van der Waals surface area contributed by atoms with Crippen LogP contribution in [0.3, 0.4) is 0 Å². The molecule has 0 radical (unpaired) electrons. The summed E-state index contributed by atoms with van der Waals surface area (Å²) in [6.07, 6.45) is 0. The van der Waals surface area contributed by atoms with E-state index < -0.39 is 0 Å². The Bertz CT molecular complexity index is 577. The summed E-state index contributed by atoms with van der Waals surface area (Å²) < 4.78 is 6.82. The first-order chi connectivity index (χ1) is 9.13. The molecule has 0 aliphatic heterocycles. The predicted molar refractivity (Wildman–Crippen MR) is 74.0 cm³/mol. The van der Waals surface area contributed by atoms with Crippen molar-refractivity contribution in [3.05, 3.63) is 30.1 Å². The van der Waals surface area contributed by atoms with Gasteiger partial charge in [0, 0.05) is 13.1 Å². The van der Waals surface area contributed by atoms with Gasteiger partial charge in [0.05, 0.1) is 18.1 Å². The predicted octanol–water partition coefficient (Wildman–Crippen LogP) is 1.50. The van der Waals surface area contributed by atoms with Crippen LogP contribution >= 0.6 is 0 Å². The molecular weight excluding hydrogens is 242 g/mol. The van der Waals surface area contributed by atoms with E-state index in [1.54, 1.807) is 6.92 Å². The van der Waals surface area contributed by atoms with Gasteiger partial charge in [0.15, 0.2) is 0 Å². The molecule has 5 heteroatoms. The first-order valence-electron chi connectivity index (χ1n) is 6.36. The first kappa shape index (κ1) is 13.5. The van der Waals surface area contributed by atoms with Gasteiger partial charge in [-0.3, -0.25) is 4.79 Å². The molecule has 0 amide bonds. The van der Waals surface area contributed by atoms with Gasteiger partial charge in [-0.25, -0.2) is 4.98 Å². The van der Waals surface area contributed by atoms with Crippen molar-refractivity contribution >= 4 is 17.0 Å². The van der Waals surface area contributed by atoms with E-state index in [9.17, 15) is 4.79 Å². The molecule has 1 heterocycles. The molecular formula is C14H19N3O2. The third-order valence-electron chi connectivity index (χ3n) is 3.19. The summed E-state index contributed by atoms with van der Waals surface area (Å²) in [4.78, 5) is 15.8. The highest BCUT2D eigenvalue weighted by molar-refractivity contribution is 5.76. The SMILES string of the molecule is COC(=O)C(C)NCCn1c(C)nc2ccccc21. The molecule has 1 atom stereocenters. The number of imidazole rings is 1. The second-order valence-corrected chi connectivity index (χ2v) is 4.50. The highest BCUT2D eigenvalue weighted by Crippen LogP contribution is 2.14. The Balaban J connectivity index is 2.02. The number of nitrogens with one attached hydrogen (secondary N) is 1. The summed E-state index contributed by atoms with van der Waals surface area (Å²) >= 11 is 0. The third kappa shape index (κ3) is 2.93. The molecule has 0 spiro atoms. The Morgan fingerprint density at radius 1 is 1.47 bits per heavy atom. The number of ether oxygens (including phenoxy) is 1. The van der Waals surface area contributed by atoms with E-state index in [2.05, 4.69) is 25.7 Å². The molecule has 1 N–H and O–H groups in total. The van der Waals surface area contributed by atoms with Gasteiger partial charge in [-0.15, -0.1) is 0 Å². The molecule has 0 fully saturated rings. The average Bonchev–Trinajstić information content (AvgIpc) is 2.74. The summed E-state index contributed by atoms with van der Waals surface area (Å²) in [6.45, 7) is 5.25. The molecule has 19 heavy (non-hydrogen) atoms. The molecule has 0 aliphatic carbocycles. The van der Waals surface area contributed by atoms with Gasteiger partial charge in [-0.2, -0.15) is 0 Å². The lowest BCUT2D eigenvalue weighted by Gasteiger charge is -2.12. The zero-order valence-corrected chi connectivity index (χ0v) is 11.5. The van der Waals surface area contributed by atoms with Crippen molar-refractivity contribution in [1.82, 2.24) is 14.9 Å². The first-order valence-corrected chi connectivity index (χ1v) is 6.36. The van der Waals surface area contributed by atoms with Gasteiger partial charge in [-0.05, 0) is 26.0 Å². The zero-order chi connectivity index (χ0) is 13.8. The van der Waals surface area contributed by atoms with Gasteiger partial charge in [-0.1, -0.05) is 12.1 Å². The van der Waals surface area contributed by atoms with Crippen LogP contribution in [-0.4, -0.2) is 35.2 Å². The Hall–Kier alpha value is -1.88. The lowest BCUT2D eigenvalue weighted by molar-refractivity contribution is -0.142.